The number of hydrogen-bond acceptors (Lipinski definition) is 7. The van der Waals surface area contributed by atoms with Crippen LogP contribution in [0.15, 0.2) is 11.6 Å². The van der Waals surface area contributed by atoms with Crippen molar-refractivity contribution in [1.82, 2.24) is 0 Å². The van der Waals surface area contributed by atoms with Gasteiger partial charge in [-0.2, -0.15) is 0 Å². The van der Waals surface area contributed by atoms with Gasteiger partial charge in [0.2, 0.25) is 0 Å². The van der Waals surface area contributed by atoms with Gasteiger partial charge in [0.25, 0.3) is 0 Å². The predicted octanol–water partition coefficient (Wildman–Crippen LogP) is -0.0649. The number of carbonyl (C=O) groups is 3. The van der Waals surface area contributed by atoms with Crippen LogP contribution in [0.4, 0.5) is 4.79 Å². The summed E-state index contributed by atoms with van der Waals surface area (Å²) in [5, 5.41) is 0. The summed E-state index contributed by atoms with van der Waals surface area (Å²) in [4.78, 5) is 34.4. The monoisotopic (exact) mass is 254 g/mol. The molecule has 0 aromatic heterocycles. The third kappa shape index (κ3) is 1.40. The van der Waals surface area contributed by atoms with Crippen LogP contribution in [0.2, 0.25) is 0 Å². The fourth-order valence-corrected chi connectivity index (χ4v) is 2.39. The summed E-state index contributed by atoms with van der Waals surface area (Å²) in [5.41, 5.74) is 0.209. The standard InChI is InChI=1S/C11H10O7/c1-2-15-9(12)4-3-5-7-8(18-11(14)17-7)6(4)16-10(5)13/h3,5-8H,2H2,1H3/t5-,6+,7-,8+/m1/s1. The first-order chi connectivity index (χ1) is 8.61. The van der Waals surface area contributed by atoms with E-state index in [1.807, 2.05) is 0 Å². The van der Waals surface area contributed by atoms with Crippen LogP contribution in [0, 0.1) is 5.92 Å². The summed E-state index contributed by atoms with van der Waals surface area (Å²) in [7, 11) is 0. The van der Waals surface area contributed by atoms with Gasteiger partial charge in [-0.15, -0.1) is 0 Å². The van der Waals surface area contributed by atoms with Crippen molar-refractivity contribution >= 4 is 18.1 Å². The van der Waals surface area contributed by atoms with Crippen LogP contribution >= 0.6 is 0 Å². The molecule has 0 N–H and O–H groups in total. The van der Waals surface area contributed by atoms with Crippen LogP contribution in [0.1, 0.15) is 6.92 Å². The molecule has 4 aliphatic rings. The SMILES string of the molecule is CCOC(=O)C1=C[C@H]2C(=O)O[C@@H]1[C@@H]1OC(=O)O[C@@H]12. The summed E-state index contributed by atoms with van der Waals surface area (Å²) in [6.45, 7) is 1.89. The third-order valence-electron chi connectivity index (χ3n) is 3.13. The lowest BCUT2D eigenvalue weighted by molar-refractivity contribution is -0.174. The van der Waals surface area contributed by atoms with E-state index in [9.17, 15) is 14.4 Å². The van der Waals surface area contributed by atoms with Gasteiger partial charge in [0.05, 0.1) is 12.2 Å². The van der Waals surface area contributed by atoms with Gasteiger partial charge in [-0.3, -0.25) is 4.79 Å². The molecule has 3 aliphatic heterocycles. The molecule has 0 spiro atoms. The van der Waals surface area contributed by atoms with Crippen molar-refractivity contribution in [3.8, 4) is 0 Å². The van der Waals surface area contributed by atoms with E-state index in [0.717, 1.165) is 0 Å². The second-order valence-corrected chi connectivity index (χ2v) is 4.14. The average Bonchev–Trinajstić information content (AvgIpc) is 2.72. The first-order valence-electron chi connectivity index (χ1n) is 5.58. The Kier molecular flexibility index (Phi) is 2.29. The minimum atomic E-state index is -0.932. The minimum absolute atomic E-state index is 0.209. The van der Waals surface area contributed by atoms with E-state index in [1.54, 1.807) is 6.92 Å². The van der Waals surface area contributed by atoms with Gasteiger partial charge in [-0.1, -0.05) is 6.08 Å². The van der Waals surface area contributed by atoms with Gasteiger partial charge < -0.3 is 18.9 Å². The fraction of sp³-hybridized carbons (Fsp3) is 0.545. The maximum absolute atomic E-state index is 11.7. The van der Waals surface area contributed by atoms with Crippen molar-refractivity contribution in [2.45, 2.75) is 25.2 Å². The smallest absolute Gasteiger partial charge is 0.463 e. The molecule has 2 fully saturated rings. The summed E-state index contributed by atoms with van der Waals surface area (Å²) in [6, 6.07) is 0. The molecule has 0 radical (unpaired) electrons. The highest BCUT2D eigenvalue weighted by Crippen LogP contribution is 2.40. The second kappa shape index (κ2) is 3.72. The van der Waals surface area contributed by atoms with Crippen molar-refractivity contribution in [3.63, 3.8) is 0 Å². The van der Waals surface area contributed by atoms with Gasteiger partial charge in [-0.05, 0) is 6.92 Å². The van der Waals surface area contributed by atoms with Crippen molar-refractivity contribution in [1.29, 1.82) is 0 Å². The largest absolute Gasteiger partial charge is 0.509 e. The molecular formula is C11H10O7. The predicted molar refractivity (Wildman–Crippen MR) is 53.2 cm³/mol. The maximum Gasteiger partial charge on any atom is 0.509 e. The summed E-state index contributed by atoms with van der Waals surface area (Å²) < 4.78 is 19.7. The number of ether oxygens (including phenoxy) is 4. The molecule has 96 valence electrons. The fourth-order valence-electron chi connectivity index (χ4n) is 2.39. The van der Waals surface area contributed by atoms with Gasteiger partial charge in [0.1, 0.15) is 5.92 Å². The van der Waals surface area contributed by atoms with Crippen molar-refractivity contribution < 1.29 is 33.3 Å². The van der Waals surface area contributed by atoms with Gasteiger partial charge in [0.15, 0.2) is 18.3 Å². The Morgan fingerprint density at radius 2 is 2.00 bits per heavy atom. The molecule has 2 saturated heterocycles. The highest BCUT2D eigenvalue weighted by atomic mass is 16.8. The highest BCUT2D eigenvalue weighted by molar-refractivity contribution is 5.94. The van der Waals surface area contributed by atoms with Gasteiger partial charge in [0, 0.05) is 0 Å². The molecule has 7 nitrogen and oxygen atoms in total. The molecule has 4 rings (SSSR count). The quantitative estimate of drug-likeness (QED) is 0.503. The second-order valence-electron chi connectivity index (χ2n) is 4.14. The number of rotatable bonds is 2. The van der Waals surface area contributed by atoms with Crippen LogP contribution in [0.25, 0.3) is 0 Å². The van der Waals surface area contributed by atoms with Crippen molar-refractivity contribution in [2.24, 2.45) is 5.92 Å². The van der Waals surface area contributed by atoms with Crippen molar-refractivity contribution in [2.75, 3.05) is 6.61 Å². The molecule has 0 amide bonds. The Balaban J connectivity index is 1.94. The average molecular weight is 254 g/mol. The third-order valence-corrected chi connectivity index (χ3v) is 3.13. The molecule has 18 heavy (non-hydrogen) atoms. The maximum atomic E-state index is 11.7. The Morgan fingerprint density at radius 1 is 1.28 bits per heavy atom. The zero-order chi connectivity index (χ0) is 12.9. The zero-order valence-corrected chi connectivity index (χ0v) is 9.45. The summed E-state index contributed by atoms with van der Waals surface area (Å²) in [6.07, 6.45) is -1.81. The molecule has 7 heteroatoms. The molecule has 2 bridgehead atoms. The van der Waals surface area contributed by atoms with E-state index in [2.05, 4.69) is 0 Å². The Bertz CT molecular complexity index is 466. The van der Waals surface area contributed by atoms with Crippen molar-refractivity contribution in [3.05, 3.63) is 11.6 Å². The van der Waals surface area contributed by atoms with Crippen LogP contribution in [-0.4, -0.2) is 43.0 Å². The lowest BCUT2D eigenvalue weighted by Crippen LogP contribution is -2.56. The number of esters is 2. The van der Waals surface area contributed by atoms with E-state index < -0.39 is 42.3 Å². The Hall–Kier alpha value is -2.05. The van der Waals surface area contributed by atoms with Crippen LogP contribution in [-0.2, 0) is 28.5 Å². The van der Waals surface area contributed by atoms with E-state index in [1.165, 1.54) is 6.08 Å². The van der Waals surface area contributed by atoms with Crippen LogP contribution in [0.5, 0.6) is 0 Å². The highest BCUT2D eigenvalue weighted by Gasteiger charge is 2.59. The van der Waals surface area contributed by atoms with E-state index in [4.69, 9.17) is 18.9 Å². The number of hydrogen-bond donors (Lipinski definition) is 0. The van der Waals surface area contributed by atoms with Crippen LogP contribution < -0.4 is 0 Å². The summed E-state index contributed by atoms with van der Waals surface area (Å²) in [5.74, 6) is -1.89. The van der Waals surface area contributed by atoms with Gasteiger partial charge in [-0.25, -0.2) is 9.59 Å². The molecule has 3 heterocycles. The molecule has 4 atom stereocenters. The first-order valence-corrected chi connectivity index (χ1v) is 5.58. The lowest BCUT2D eigenvalue weighted by atomic mass is 9.81. The normalized spacial score (nSPS) is 36.2. The zero-order valence-electron chi connectivity index (χ0n) is 9.45. The Morgan fingerprint density at radius 3 is 2.72 bits per heavy atom. The lowest BCUT2D eigenvalue weighted by Gasteiger charge is -2.38. The van der Waals surface area contributed by atoms with E-state index in [0.29, 0.717) is 0 Å². The Labute approximate surface area is 102 Å². The molecule has 0 unspecified atom stereocenters. The molecule has 0 saturated carbocycles. The molecule has 0 aromatic rings. The topological polar surface area (TPSA) is 88.1 Å². The molecule has 1 aliphatic carbocycles. The number of carbonyl (C=O) groups excluding carboxylic acids is 3. The molecular weight excluding hydrogens is 244 g/mol. The van der Waals surface area contributed by atoms with E-state index in [-0.39, 0.29) is 12.2 Å². The minimum Gasteiger partial charge on any atom is -0.463 e. The van der Waals surface area contributed by atoms with E-state index >= 15 is 0 Å². The summed E-state index contributed by atoms with van der Waals surface area (Å²) >= 11 is 0. The van der Waals surface area contributed by atoms with Crippen LogP contribution in [0.3, 0.4) is 0 Å². The van der Waals surface area contributed by atoms with Gasteiger partial charge >= 0.3 is 18.1 Å². The first kappa shape index (κ1) is 11.1. The number of fused-ring (bicyclic) bond motifs is 1. The molecule has 0 aromatic carbocycles.